The van der Waals surface area contributed by atoms with Crippen LogP contribution in [-0.2, 0) is 4.74 Å². The van der Waals surface area contributed by atoms with Crippen molar-refractivity contribution in [1.29, 1.82) is 0 Å². The van der Waals surface area contributed by atoms with Gasteiger partial charge in [-0.25, -0.2) is 23.8 Å². The first-order chi connectivity index (χ1) is 15.4. The van der Waals surface area contributed by atoms with Crippen LogP contribution >= 0.6 is 11.8 Å². The molecule has 0 saturated heterocycles. The molecule has 1 N–H and O–H groups in total. The SMILES string of the molecule is CCOC(=O)c1c(C)[nH]c(C)c1C(=O)CSc1ncnc2c1cnn2-c1ccc(F)cc1. The first kappa shape index (κ1) is 21.7. The fourth-order valence-corrected chi connectivity index (χ4v) is 4.34. The summed E-state index contributed by atoms with van der Waals surface area (Å²) in [6.45, 7) is 5.43. The number of carbonyl (C=O) groups is 2. The molecule has 0 amide bonds. The third kappa shape index (κ3) is 4.01. The molecule has 3 aromatic heterocycles. The number of aromatic nitrogens is 5. The van der Waals surface area contributed by atoms with Crippen LogP contribution in [0.3, 0.4) is 0 Å². The normalized spacial score (nSPS) is 11.1. The first-order valence-corrected chi connectivity index (χ1v) is 10.9. The quantitative estimate of drug-likeness (QED) is 0.195. The van der Waals surface area contributed by atoms with E-state index in [4.69, 9.17) is 4.74 Å². The minimum absolute atomic E-state index is 0.0678. The Bertz CT molecular complexity index is 1310. The van der Waals surface area contributed by atoms with Crippen molar-refractivity contribution >= 4 is 34.5 Å². The van der Waals surface area contributed by atoms with E-state index in [-0.39, 0.29) is 29.5 Å². The molecule has 0 bridgehead atoms. The molecule has 0 aliphatic rings. The van der Waals surface area contributed by atoms with E-state index in [2.05, 4.69) is 20.1 Å². The van der Waals surface area contributed by atoms with E-state index in [9.17, 15) is 14.0 Å². The molecule has 0 aliphatic carbocycles. The third-order valence-corrected chi connectivity index (χ3v) is 5.88. The molecule has 4 aromatic rings. The maximum Gasteiger partial charge on any atom is 0.340 e. The maximum atomic E-state index is 13.3. The van der Waals surface area contributed by atoms with Gasteiger partial charge in [0.25, 0.3) is 0 Å². The van der Waals surface area contributed by atoms with Gasteiger partial charge in [0.2, 0.25) is 0 Å². The van der Waals surface area contributed by atoms with E-state index in [1.807, 2.05) is 0 Å². The van der Waals surface area contributed by atoms with E-state index in [1.54, 1.807) is 43.8 Å². The second kappa shape index (κ2) is 8.91. The number of hydrogen-bond donors (Lipinski definition) is 1. The summed E-state index contributed by atoms with van der Waals surface area (Å²) in [7, 11) is 0. The van der Waals surface area contributed by atoms with Gasteiger partial charge in [-0.2, -0.15) is 5.10 Å². The molecule has 8 nitrogen and oxygen atoms in total. The Morgan fingerprint density at radius 2 is 1.84 bits per heavy atom. The Balaban J connectivity index is 1.60. The largest absolute Gasteiger partial charge is 0.462 e. The topological polar surface area (TPSA) is 103 Å². The molecule has 32 heavy (non-hydrogen) atoms. The fraction of sp³-hybridized carbons (Fsp3) is 0.227. The number of esters is 1. The van der Waals surface area contributed by atoms with Gasteiger partial charge >= 0.3 is 5.97 Å². The van der Waals surface area contributed by atoms with Gasteiger partial charge < -0.3 is 9.72 Å². The molecular formula is C22H20FN5O3S. The predicted molar refractivity (Wildman–Crippen MR) is 118 cm³/mol. The number of nitrogens with zero attached hydrogens (tertiary/aromatic N) is 4. The molecule has 0 saturated carbocycles. The molecule has 0 spiro atoms. The number of aryl methyl sites for hydroxylation is 2. The molecule has 0 radical (unpaired) electrons. The van der Waals surface area contributed by atoms with Crippen LogP contribution in [0.2, 0.25) is 0 Å². The zero-order valence-electron chi connectivity index (χ0n) is 17.7. The van der Waals surface area contributed by atoms with E-state index >= 15 is 0 Å². The highest BCUT2D eigenvalue weighted by molar-refractivity contribution is 8.00. The average molecular weight is 453 g/mol. The summed E-state index contributed by atoms with van der Waals surface area (Å²) in [6.07, 6.45) is 3.01. The number of aromatic amines is 1. The number of H-pyrrole nitrogens is 1. The van der Waals surface area contributed by atoms with Crippen molar-refractivity contribution in [3.05, 3.63) is 65.1 Å². The number of nitrogens with one attached hydrogen (secondary N) is 1. The summed E-state index contributed by atoms with van der Waals surface area (Å²) in [6, 6.07) is 5.91. The maximum absolute atomic E-state index is 13.3. The fourth-order valence-electron chi connectivity index (χ4n) is 3.50. The lowest BCUT2D eigenvalue weighted by Gasteiger charge is -2.06. The van der Waals surface area contributed by atoms with Crippen LogP contribution in [-0.4, -0.2) is 48.8 Å². The number of ketones is 1. The number of thioether (sulfide) groups is 1. The van der Waals surface area contributed by atoms with Crippen LogP contribution in [0.1, 0.15) is 39.0 Å². The van der Waals surface area contributed by atoms with Gasteiger partial charge in [0.05, 0.1) is 40.8 Å². The summed E-state index contributed by atoms with van der Waals surface area (Å²) >= 11 is 1.24. The molecule has 0 unspecified atom stereocenters. The highest BCUT2D eigenvalue weighted by atomic mass is 32.2. The number of carbonyl (C=O) groups excluding carboxylic acids is 2. The summed E-state index contributed by atoms with van der Waals surface area (Å²) in [5, 5.41) is 5.60. The Kier molecular flexibility index (Phi) is 6.04. The number of halogens is 1. The lowest BCUT2D eigenvalue weighted by molar-refractivity contribution is 0.0522. The van der Waals surface area contributed by atoms with Crippen LogP contribution in [0, 0.1) is 19.7 Å². The van der Waals surface area contributed by atoms with Crippen LogP contribution < -0.4 is 0 Å². The number of fused-ring (bicyclic) bond motifs is 1. The second-order valence-corrected chi connectivity index (χ2v) is 7.97. The van der Waals surface area contributed by atoms with Crippen molar-refractivity contribution in [3.8, 4) is 5.69 Å². The number of Topliss-reactive ketones (excluding diaryl/α,β-unsaturated/α-hetero) is 1. The summed E-state index contributed by atoms with van der Waals surface area (Å²) in [5.74, 6) is -1.00. The number of hydrogen-bond acceptors (Lipinski definition) is 7. The van der Waals surface area contributed by atoms with Crippen LogP contribution in [0.4, 0.5) is 4.39 Å². The molecule has 164 valence electrons. The van der Waals surface area contributed by atoms with Crippen LogP contribution in [0.15, 0.2) is 41.8 Å². The minimum atomic E-state index is -0.521. The Labute approximate surface area is 187 Å². The Hall–Kier alpha value is -3.53. The van der Waals surface area contributed by atoms with Gasteiger partial charge in [0.15, 0.2) is 11.4 Å². The molecule has 3 heterocycles. The smallest absolute Gasteiger partial charge is 0.340 e. The highest BCUT2D eigenvalue weighted by Crippen LogP contribution is 2.28. The average Bonchev–Trinajstić information content (AvgIpc) is 3.33. The summed E-state index contributed by atoms with van der Waals surface area (Å²) < 4.78 is 19.9. The third-order valence-electron chi connectivity index (χ3n) is 4.87. The molecule has 4 rings (SSSR count). The molecular weight excluding hydrogens is 433 g/mol. The van der Waals surface area contributed by atoms with Gasteiger partial charge in [-0.1, -0.05) is 11.8 Å². The monoisotopic (exact) mass is 453 g/mol. The zero-order chi connectivity index (χ0) is 22.8. The molecule has 0 atom stereocenters. The number of rotatable bonds is 7. The number of benzene rings is 1. The Morgan fingerprint density at radius 3 is 2.56 bits per heavy atom. The van der Waals surface area contributed by atoms with Gasteiger partial charge in [-0.15, -0.1) is 0 Å². The van der Waals surface area contributed by atoms with Crippen molar-refractivity contribution in [2.24, 2.45) is 0 Å². The van der Waals surface area contributed by atoms with E-state index in [0.717, 1.165) is 0 Å². The van der Waals surface area contributed by atoms with Gasteiger partial charge in [-0.3, -0.25) is 4.79 Å². The highest BCUT2D eigenvalue weighted by Gasteiger charge is 2.25. The van der Waals surface area contributed by atoms with E-state index in [0.29, 0.717) is 38.7 Å². The molecule has 10 heteroatoms. The predicted octanol–water partition coefficient (Wildman–Crippen LogP) is 4.05. The van der Waals surface area contributed by atoms with Crippen molar-refractivity contribution in [2.75, 3.05) is 12.4 Å². The van der Waals surface area contributed by atoms with Crippen molar-refractivity contribution in [1.82, 2.24) is 24.7 Å². The van der Waals surface area contributed by atoms with Gasteiger partial charge in [0.1, 0.15) is 17.2 Å². The minimum Gasteiger partial charge on any atom is -0.462 e. The lowest BCUT2D eigenvalue weighted by Crippen LogP contribution is -2.13. The summed E-state index contributed by atoms with van der Waals surface area (Å²) in [4.78, 5) is 37.0. The molecule has 0 fully saturated rings. The lowest BCUT2D eigenvalue weighted by atomic mass is 10.1. The van der Waals surface area contributed by atoms with Crippen molar-refractivity contribution in [2.45, 2.75) is 25.8 Å². The van der Waals surface area contributed by atoms with E-state index in [1.165, 1.54) is 30.2 Å². The summed E-state index contributed by atoms with van der Waals surface area (Å²) in [5.41, 5.74) is 3.02. The zero-order valence-corrected chi connectivity index (χ0v) is 18.5. The van der Waals surface area contributed by atoms with Crippen LogP contribution in [0.5, 0.6) is 0 Å². The van der Waals surface area contributed by atoms with Gasteiger partial charge in [-0.05, 0) is 45.0 Å². The molecule has 1 aromatic carbocycles. The Morgan fingerprint density at radius 1 is 1.12 bits per heavy atom. The van der Waals surface area contributed by atoms with E-state index < -0.39 is 5.97 Å². The van der Waals surface area contributed by atoms with Gasteiger partial charge in [0, 0.05) is 11.4 Å². The number of ether oxygens (including phenoxy) is 1. The standard InChI is InChI=1S/C22H20FN5O3S/c1-4-31-22(30)19-13(3)27-12(2)18(19)17(29)10-32-21-16-9-26-28(20(16)24-11-25-21)15-7-5-14(23)6-8-15/h5-9,11,27H,4,10H2,1-3H3. The van der Waals surface area contributed by atoms with Crippen molar-refractivity contribution in [3.63, 3.8) is 0 Å². The second-order valence-electron chi connectivity index (χ2n) is 7.01. The van der Waals surface area contributed by atoms with Crippen LogP contribution in [0.25, 0.3) is 16.7 Å². The van der Waals surface area contributed by atoms with Crippen molar-refractivity contribution < 1.29 is 18.7 Å². The first-order valence-electron chi connectivity index (χ1n) is 9.87. The molecule has 0 aliphatic heterocycles.